The smallest absolute Gasteiger partial charge is 0.341 e. The Balaban J connectivity index is 1.61. The highest BCUT2D eigenvalue weighted by Crippen LogP contribution is 2.33. The van der Waals surface area contributed by atoms with Crippen LogP contribution in [-0.2, 0) is 11.3 Å². The minimum atomic E-state index is -0.595. The number of hydrogen-bond donors (Lipinski definition) is 1. The van der Waals surface area contributed by atoms with Gasteiger partial charge in [-0.15, -0.1) is 11.3 Å². The average molecular weight is 513 g/mol. The number of anilines is 1. The average Bonchev–Trinajstić information content (AvgIpc) is 3.28. The third-order valence-electron chi connectivity index (χ3n) is 4.78. The van der Waals surface area contributed by atoms with Crippen molar-refractivity contribution in [2.45, 2.75) is 13.5 Å². The number of benzene rings is 2. The Morgan fingerprint density at radius 2 is 1.72 bits per heavy atom. The first-order chi connectivity index (χ1) is 15.4. The molecule has 1 N–H and O–H groups in total. The maximum atomic E-state index is 12.7. The molecule has 0 spiro atoms. The van der Waals surface area contributed by atoms with Crippen LogP contribution in [0.15, 0.2) is 59.1 Å². The fourth-order valence-corrected chi connectivity index (χ4v) is 4.74. The number of imide groups is 1. The summed E-state index contributed by atoms with van der Waals surface area (Å²) in [6.45, 7) is 1.83. The number of amides is 3. The van der Waals surface area contributed by atoms with Crippen molar-refractivity contribution in [1.29, 1.82) is 0 Å². The molecule has 0 atom stereocenters. The third kappa shape index (κ3) is 4.21. The number of carbonyl (C=O) groups excluding carboxylic acids is 4. The van der Waals surface area contributed by atoms with Gasteiger partial charge in [-0.05, 0) is 43.3 Å². The summed E-state index contributed by atoms with van der Waals surface area (Å²) in [5, 5.41) is 3.04. The maximum Gasteiger partial charge on any atom is 0.341 e. The SMILES string of the molecule is CCOC(=O)c1cc(CN2C(=O)c3ccccc3C2=O)sc1NC(=O)c1cccc(Br)c1. The van der Waals surface area contributed by atoms with E-state index in [1.54, 1.807) is 61.5 Å². The standard InChI is InChI=1S/C23H17BrN2O5S/c1-2-31-23(30)18-11-15(12-26-21(28)16-8-3-4-9-17(16)22(26)29)32-20(18)25-19(27)13-6-5-7-14(24)10-13/h3-11H,2,12H2,1H3,(H,25,27). The lowest BCUT2D eigenvalue weighted by Gasteiger charge is -2.12. The van der Waals surface area contributed by atoms with Gasteiger partial charge in [-0.3, -0.25) is 19.3 Å². The van der Waals surface area contributed by atoms with Gasteiger partial charge < -0.3 is 10.1 Å². The lowest BCUT2D eigenvalue weighted by molar-refractivity contribution is 0.0527. The molecule has 1 aliphatic rings. The van der Waals surface area contributed by atoms with E-state index in [-0.39, 0.29) is 18.7 Å². The Kier molecular flexibility index (Phi) is 6.20. The van der Waals surface area contributed by atoms with Crippen molar-refractivity contribution in [3.05, 3.63) is 86.2 Å². The Labute approximate surface area is 196 Å². The molecule has 2 aromatic carbocycles. The first kappa shape index (κ1) is 21.9. The summed E-state index contributed by atoms with van der Waals surface area (Å²) in [7, 11) is 0. The molecule has 0 aliphatic carbocycles. The lowest BCUT2D eigenvalue weighted by atomic mass is 10.1. The molecule has 32 heavy (non-hydrogen) atoms. The van der Waals surface area contributed by atoms with Gasteiger partial charge >= 0.3 is 5.97 Å². The fraction of sp³-hybridized carbons (Fsp3) is 0.130. The number of esters is 1. The monoisotopic (exact) mass is 512 g/mol. The normalized spacial score (nSPS) is 12.6. The second-order valence-electron chi connectivity index (χ2n) is 6.88. The van der Waals surface area contributed by atoms with Crippen LogP contribution in [0.25, 0.3) is 0 Å². The summed E-state index contributed by atoms with van der Waals surface area (Å²) in [4.78, 5) is 52.2. The predicted molar refractivity (Wildman–Crippen MR) is 123 cm³/mol. The van der Waals surface area contributed by atoms with Crippen LogP contribution in [0.3, 0.4) is 0 Å². The van der Waals surface area contributed by atoms with Crippen LogP contribution in [0.5, 0.6) is 0 Å². The largest absolute Gasteiger partial charge is 0.462 e. The number of thiophene rings is 1. The number of halogens is 1. The van der Waals surface area contributed by atoms with E-state index in [1.807, 2.05) is 0 Å². The first-order valence-corrected chi connectivity index (χ1v) is 11.3. The summed E-state index contributed by atoms with van der Waals surface area (Å²) >= 11 is 4.45. The molecule has 162 valence electrons. The molecule has 0 saturated carbocycles. The second-order valence-corrected chi connectivity index (χ2v) is 8.93. The number of nitrogens with zero attached hydrogens (tertiary/aromatic N) is 1. The van der Waals surface area contributed by atoms with Crippen LogP contribution in [0.2, 0.25) is 0 Å². The van der Waals surface area contributed by atoms with Crippen molar-refractivity contribution >= 4 is 56.0 Å². The first-order valence-electron chi connectivity index (χ1n) is 9.71. The quantitative estimate of drug-likeness (QED) is 0.380. The third-order valence-corrected chi connectivity index (χ3v) is 6.31. The van der Waals surface area contributed by atoms with Crippen molar-refractivity contribution in [1.82, 2.24) is 4.90 Å². The van der Waals surface area contributed by atoms with E-state index in [0.717, 1.165) is 20.7 Å². The molecule has 2 heterocycles. The highest BCUT2D eigenvalue weighted by atomic mass is 79.9. The van der Waals surface area contributed by atoms with Crippen LogP contribution in [0.4, 0.5) is 5.00 Å². The highest BCUT2D eigenvalue weighted by Gasteiger charge is 2.35. The summed E-state index contributed by atoms with van der Waals surface area (Å²) in [5.74, 6) is -1.78. The van der Waals surface area contributed by atoms with Gasteiger partial charge in [0.05, 0.1) is 29.8 Å². The zero-order chi connectivity index (χ0) is 22.8. The van der Waals surface area contributed by atoms with Crippen molar-refractivity contribution in [3.63, 3.8) is 0 Å². The van der Waals surface area contributed by atoms with Gasteiger partial charge in [-0.1, -0.05) is 34.1 Å². The van der Waals surface area contributed by atoms with E-state index in [2.05, 4.69) is 21.2 Å². The molecule has 7 nitrogen and oxygen atoms in total. The number of carbonyl (C=O) groups is 4. The van der Waals surface area contributed by atoms with Crippen molar-refractivity contribution in [2.75, 3.05) is 11.9 Å². The summed E-state index contributed by atoms with van der Waals surface area (Å²) in [5.41, 5.74) is 1.28. The minimum Gasteiger partial charge on any atom is -0.462 e. The number of nitrogens with one attached hydrogen (secondary N) is 1. The molecule has 1 aromatic heterocycles. The van der Waals surface area contributed by atoms with E-state index in [1.165, 1.54) is 0 Å². The zero-order valence-corrected chi connectivity index (χ0v) is 19.3. The summed E-state index contributed by atoms with van der Waals surface area (Å²) < 4.78 is 5.86. The van der Waals surface area contributed by atoms with E-state index in [0.29, 0.717) is 26.6 Å². The molecule has 0 bridgehead atoms. The molecule has 3 amide bonds. The Bertz CT molecular complexity index is 1220. The van der Waals surface area contributed by atoms with Gasteiger partial charge in [0.15, 0.2) is 0 Å². The maximum absolute atomic E-state index is 12.7. The van der Waals surface area contributed by atoms with Gasteiger partial charge in [0, 0.05) is 14.9 Å². The molecular weight excluding hydrogens is 496 g/mol. The van der Waals surface area contributed by atoms with Gasteiger partial charge in [-0.25, -0.2) is 4.79 Å². The van der Waals surface area contributed by atoms with E-state index >= 15 is 0 Å². The van der Waals surface area contributed by atoms with Crippen molar-refractivity contribution < 1.29 is 23.9 Å². The van der Waals surface area contributed by atoms with Crippen molar-refractivity contribution in [3.8, 4) is 0 Å². The van der Waals surface area contributed by atoms with Gasteiger partial charge in [0.1, 0.15) is 5.00 Å². The van der Waals surface area contributed by atoms with Gasteiger partial charge in [-0.2, -0.15) is 0 Å². The molecule has 0 fully saturated rings. The minimum absolute atomic E-state index is 0.0177. The Hall–Kier alpha value is -3.30. The molecule has 0 radical (unpaired) electrons. The molecule has 1 aliphatic heterocycles. The zero-order valence-electron chi connectivity index (χ0n) is 16.9. The molecule has 9 heteroatoms. The van der Waals surface area contributed by atoms with Gasteiger partial charge in [0.25, 0.3) is 17.7 Å². The molecular formula is C23H17BrN2O5S. The molecule has 0 saturated heterocycles. The summed E-state index contributed by atoms with van der Waals surface area (Å²) in [6, 6.07) is 15.0. The Morgan fingerprint density at radius 3 is 2.34 bits per heavy atom. The predicted octanol–water partition coefficient (Wildman–Crippen LogP) is 4.74. The number of fused-ring (bicyclic) bond motifs is 1. The fourth-order valence-electron chi connectivity index (χ4n) is 3.32. The van der Waals surface area contributed by atoms with Crippen LogP contribution in [-0.4, -0.2) is 35.2 Å². The van der Waals surface area contributed by atoms with Crippen LogP contribution in [0, 0.1) is 0 Å². The van der Waals surface area contributed by atoms with E-state index < -0.39 is 23.7 Å². The molecule has 3 aromatic rings. The lowest BCUT2D eigenvalue weighted by Crippen LogP contribution is -2.28. The second kappa shape index (κ2) is 9.05. The van der Waals surface area contributed by atoms with Crippen LogP contribution < -0.4 is 5.32 Å². The number of hydrogen-bond acceptors (Lipinski definition) is 6. The summed E-state index contributed by atoms with van der Waals surface area (Å²) in [6.07, 6.45) is 0. The van der Waals surface area contributed by atoms with E-state index in [9.17, 15) is 19.2 Å². The topological polar surface area (TPSA) is 92.8 Å². The highest BCUT2D eigenvalue weighted by molar-refractivity contribution is 9.10. The van der Waals surface area contributed by atoms with Crippen LogP contribution in [0.1, 0.15) is 53.2 Å². The molecule has 4 rings (SSSR count). The number of rotatable bonds is 6. The molecule has 0 unspecified atom stereocenters. The van der Waals surface area contributed by atoms with Crippen LogP contribution >= 0.6 is 27.3 Å². The Morgan fingerprint density at radius 1 is 1.03 bits per heavy atom. The van der Waals surface area contributed by atoms with Crippen molar-refractivity contribution in [2.24, 2.45) is 0 Å². The number of ether oxygens (including phenoxy) is 1. The van der Waals surface area contributed by atoms with E-state index in [4.69, 9.17) is 4.74 Å². The van der Waals surface area contributed by atoms with Gasteiger partial charge in [0.2, 0.25) is 0 Å².